The van der Waals surface area contributed by atoms with Crippen molar-refractivity contribution in [2.45, 2.75) is 4.90 Å². The fourth-order valence-electron chi connectivity index (χ4n) is 2.77. The zero-order valence-electron chi connectivity index (χ0n) is 13.1. The Bertz CT molecular complexity index is 662. The van der Waals surface area contributed by atoms with Crippen molar-refractivity contribution < 1.29 is 17.9 Å². The molecule has 1 aromatic rings. The van der Waals surface area contributed by atoms with Crippen LogP contribution in [0.3, 0.4) is 0 Å². The van der Waals surface area contributed by atoms with Gasteiger partial charge in [-0.15, -0.1) is 0 Å². The van der Waals surface area contributed by atoms with Gasteiger partial charge in [-0.05, 0) is 24.3 Å². The molecule has 0 aromatic heterocycles. The number of hydrogen-bond acceptors (Lipinski definition) is 5. The molecule has 0 bridgehead atoms. The van der Waals surface area contributed by atoms with Gasteiger partial charge in [0.1, 0.15) is 5.75 Å². The number of carbonyl (C=O) groups is 1. The SMILES string of the molecule is COc1ccc(S(=O)(=O)N2CCN(C(=O)C3CNC3)CC2)cc1. The summed E-state index contributed by atoms with van der Waals surface area (Å²) in [6.45, 7) is 3.02. The molecule has 23 heavy (non-hydrogen) atoms. The number of rotatable bonds is 4. The first-order valence-electron chi connectivity index (χ1n) is 7.66. The highest BCUT2D eigenvalue weighted by atomic mass is 32.2. The predicted octanol–water partition coefficient (Wildman–Crippen LogP) is -0.252. The van der Waals surface area contributed by atoms with Crippen LogP contribution < -0.4 is 10.1 Å². The number of piperazine rings is 1. The molecule has 0 unspecified atom stereocenters. The molecule has 0 saturated carbocycles. The minimum Gasteiger partial charge on any atom is -0.497 e. The van der Waals surface area contributed by atoms with Gasteiger partial charge in [-0.3, -0.25) is 4.79 Å². The van der Waals surface area contributed by atoms with Crippen LogP contribution in [0.25, 0.3) is 0 Å². The minimum atomic E-state index is -3.52. The number of hydrogen-bond donors (Lipinski definition) is 1. The highest BCUT2D eigenvalue weighted by Gasteiger charge is 2.34. The summed E-state index contributed by atoms with van der Waals surface area (Å²) in [6, 6.07) is 6.37. The van der Waals surface area contributed by atoms with Gasteiger partial charge in [0.15, 0.2) is 0 Å². The molecule has 8 heteroatoms. The van der Waals surface area contributed by atoms with Crippen molar-refractivity contribution in [3.8, 4) is 5.75 Å². The molecule has 0 radical (unpaired) electrons. The monoisotopic (exact) mass is 339 g/mol. The normalized spacial score (nSPS) is 20.1. The fraction of sp³-hybridized carbons (Fsp3) is 0.533. The van der Waals surface area contributed by atoms with Gasteiger partial charge in [-0.2, -0.15) is 4.31 Å². The van der Waals surface area contributed by atoms with Crippen molar-refractivity contribution >= 4 is 15.9 Å². The predicted molar refractivity (Wildman–Crippen MR) is 84.7 cm³/mol. The topological polar surface area (TPSA) is 79.0 Å². The molecule has 1 amide bonds. The van der Waals surface area contributed by atoms with E-state index in [4.69, 9.17) is 4.74 Å². The second-order valence-corrected chi connectivity index (χ2v) is 7.70. The minimum absolute atomic E-state index is 0.0553. The Hall–Kier alpha value is -1.64. The lowest BCUT2D eigenvalue weighted by Gasteiger charge is -2.37. The molecule has 126 valence electrons. The average Bonchev–Trinajstić information content (AvgIpc) is 2.53. The first-order chi connectivity index (χ1) is 11.0. The summed E-state index contributed by atoms with van der Waals surface area (Å²) >= 11 is 0. The van der Waals surface area contributed by atoms with Crippen molar-refractivity contribution in [2.75, 3.05) is 46.4 Å². The van der Waals surface area contributed by atoms with Gasteiger partial charge < -0.3 is 15.0 Å². The maximum absolute atomic E-state index is 12.6. The first-order valence-corrected chi connectivity index (χ1v) is 9.10. The third kappa shape index (κ3) is 3.19. The number of ether oxygens (including phenoxy) is 1. The van der Waals surface area contributed by atoms with E-state index in [0.717, 1.165) is 13.1 Å². The van der Waals surface area contributed by atoms with E-state index in [1.807, 2.05) is 0 Å². The van der Waals surface area contributed by atoms with Crippen LogP contribution in [-0.4, -0.2) is 69.9 Å². The standard InChI is InChI=1S/C15H21N3O4S/c1-22-13-2-4-14(5-3-13)23(20,21)18-8-6-17(7-9-18)15(19)12-10-16-11-12/h2-5,12,16H,6-11H2,1H3. The molecule has 2 fully saturated rings. The largest absolute Gasteiger partial charge is 0.497 e. The smallest absolute Gasteiger partial charge is 0.243 e. The quantitative estimate of drug-likeness (QED) is 0.818. The zero-order valence-corrected chi connectivity index (χ0v) is 13.9. The highest BCUT2D eigenvalue weighted by molar-refractivity contribution is 7.89. The van der Waals surface area contributed by atoms with Crippen LogP contribution in [0.4, 0.5) is 0 Å². The molecular formula is C15H21N3O4S. The van der Waals surface area contributed by atoms with Gasteiger partial charge in [0.05, 0.1) is 17.9 Å². The number of benzene rings is 1. The van der Waals surface area contributed by atoms with E-state index in [9.17, 15) is 13.2 Å². The molecule has 1 aromatic carbocycles. The van der Waals surface area contributed by atoms with Crippen LogP contribution >= 0.6 is 0 Å². The summed E-state index contributed by atoms with van der Waals surface area (Å²) in [7, 11) is -1.98. The summed E-state index contributed by atoms with van der Waals surface area (Å²) < 4.78 is 31.8. The van der Waals surface area contributed by atoms with E-state index in [2.05, 4.69) is 5.32 Å². The molecule has 7 nitrogen and oxygen atoms in total. The Labute approximate surface area is 136 Å². The van der Waals surface area contributed by atoms with Crippen LogP contribution in [0.15, 0.2) is 29.2 Å². The van der Waals surface area contributed by atoms with E-state index < -0.39 is 10.0 Å². The maximum atomic E-state index is 12.6. The van der Waals surface area contributed by atoms with Crippen LogP contribution in [-0.2, 0) is 14.8 Å². The molecule has 2 saturated heterocycles. The number of amides is 1. The van der Waals surface area contributed by atoms with E-state index in [0.29, 0.717) is 31.9 Å². The molecule has 0 spiro atoms. The van der Waals surface area contributed by atoms with E-state index >= 15 is 0 Å². The molecule has 2 aliphatic heterocycles. The second-order valence-electron chi connectivity index (χ2n) is 5.76. The molecule has 2 aliphatic rings. The van der Waals surface area contributed by atoms with Crippen molar-refractivity contribution in [1.29, 1.82) is 0 Å². The van der Waals surface area contributed by atoms with Gasteiger partial charge in [-0.25, -0.2) is 8.42 Å². The van der Waals surface area contributed by atoms with Crippen LogP contribution in [0, 0.1) is 5.92 Å². The van der Waals surface area contributed by atoms with Crippen molar-refractivity contribution in [3.05, 3.63) is 24.3 Å². The van der Waals surface area contributed by atoms with Gasteiger partial charge in [0.2, 0.25) is 15.9 Å². The lowest BCUT2D eigenvalue weighted by Crippen LogP contribution is -2.57. The van der Waals surface area contributed by atoms with Gasteiger partial charge in [0.25, 0.3) is 0 Å². The fourth-order valence-corrected chi connectivity index (χ4v) is 4.19. The van der Waals surface area contributed by atoms with Gasteiger partial charge in [0, 0.05) is 39.3 Å². The number of nitrogens with zero attached hydrogens (tertiary/aromatic N) is 2. The van der Waals surface area contributed by atoms with E-state index in [-0.39, 0.29) is 16.7 Å². The summed E-state index contributed by atoms with van der Waals surface area (Å²) in [5.74, 6) is 0.804. The zero-order chi connectivity index (χ0) is 16.4. The van der Waals surface area contributed by atoms with Gasteiger partial charge in [-0.1, -0.05) is 0 Å². The van der Waals surface area contributed by atoms with E-state index in [1.165, 1.54) is 11.4 Å². The average molecular weight is 339 g/mol. The summed E-state index contributed by atoms with van der Waals surface area (Å²) in [5, 5.41) is 3.08. The van der Waals surface area contributed by atoms with Crippen molar-refractivity contribution in [2.24, 2.45) is 5.92 Å². The van der Waals surface area contributed by atoms with Crippen molar-refractivity contribution in [1.82, 2.24) is 14.5 Å². The third-order valence-electron chi connectivity index (χ3n) is 4.38. The number of sulfonamides is 1. The van der Waals surface area contributed by atoms with E-state index in [1.54, 1.807) is 29.2 Å². The summed E-state index contributed by atoms with van der Waals surface area (Å²) in [5.41, 5.74) is 0. The molecule has 3 rings (SSSR count). The van der Waals surface area contributed by atoms with Crippen LogP contribution in [0.5, 0.6) is 5.75 Å². The Kier molecular flexibility index (Phi) is 4.56. The Balaban J connectivity index is 1.64. The molecule has 1 N–H and O–H groups in total. The van der Waals surface area contributed by atoms with Crippen LogP contribution in [0.1, 0.15) is 0 Å². The molecule has 2 heterocycles. The van der Waals surface area contributed by atoms with Crippen molar-refractivity contribution in [3.63, 3.8) is 0 Å². The molecule has 0 atom stereocenters. The Morgan fingerprint density at radius 1 is 1.13 bits per heavy atom. The number of methoxy groups -OCH3 is 1. The Morgan fingerprint density at radius 3 is 2.22 bits per heavy atom. The second kappa shape index (κ2) is 6.46. The maximum Gasteiger partial charge on any atom is 0.243 e. The summed E-state index contributed by atoms with van der Waals surface area (Å²) in [6.07, 6.45) is 0. The number of nitrogens with one attached hydrogen (secondary N) is 1. The highest BCUT2D eigenvalue weighted by Crippen LogP contribution is 2.21. The third-order valence-corrected chi connectivity index (χ3v) is 6.29. The lowest BCUT2D eigenvalue weighted by atomic mass is 10.0. The molecular weight excluding hydrogens is 318 g/mol. The van der Waals surface area contributed by atoms with Crippen LogP contribution in [0.2, 0.25) is 0 Å². The number of carbonyl (C=O) groups excluding carboxylic acids is 1. The Morgan fingerprint density at radius 2 is 1.74 bits per heavy atom. The lowest BCUT2D eigenvalue weighted by molar-refractivity contribution is -0.138. The molecule has 0 aliphatic carbocycles. The summed E-state index contributed by atoms with van der Waals surface area (Å²) in [4.78, 5) is 14.2. The van der Waals surface area contributed by atoms with Gasteiger partial charge >= 0.3 is 0 Å². The first kappa shape index (κ1) is 16.2.